The second-order valence-electron chi connectivity index (χ2n) is 8.54. The zero-order chi connectivity index (χ0) is 24.2. The Morgan fingerprint density at radius 2 is 1.94 bits per heavy atom. The van der Waals surface area contributed by atoms with Gasteiger partial charge in [0.15, 0.2) is 11.6 Å². The van der Waals surface area contributed by atoms with Gasteiger partial charge in [-0.05, 0) is 37.8 Å². The van der Waals surface area contributed by atoms with Gasteiger partial charge in [0.1, 0.15) is 11.6 Å². The van der Waals surface area contributed by atoms with Crippen LogP contribution in [0.3, 0.4) is 0 Å². The lowest BCUT2D eigenvalue weighted by molar-refractivity contribution is -0.121. The van der Waals surface area contributed by atoms with Gasteiger partial charge in [-0.1, -0.05) is 20.3 Å². The number of aryl methyl sites for hydroxylation is 1. The van der Waals surface area contributed by atoms with E-state index in [2.05, 4.69) is 20.2 Å². The predicted octanol–water partition coefficient (Wildman–Crippen LogP) is 2.71. The van der Waals surface area contributed by atoms with Gasteiger partial charge in [-0.2, -0.15) is 0 Å². The Labute approximate surface area is 194 Å². The maximum atomic E-state index is 12.5. The highest BCUT2D eigenvalue weighted by Crippen LogP contribution is 2.25. The van der Waals surface area contributed by atoms with Crippen molar-refractivity contribution in [2.24, 2.45) is 5.92 Å². The SMILES string of the molecule is COc1ccc2c(c1)nc(NCCCCCC(=O)[C@@H](NS(C)(=O)=O)C(C)C)c1nnc(C)n12. The molecule has 0 saturated heterocycles. The number of carbonyl (C=O) groups excluding carboxylic acids is 1. The number of rotatable bonds is 12. The van der Waals surface area contributed by atoms with Crippen LogP contribution in [0.4, 0.5) is 5.82 Å². The molecule has 3 aromatic rings. The van der Waals surface area contributed by atoms with E-state index >= 15 is 0 Å². The van der Waals surface area contributed by atoms with Crippen molar-refractivity contribution < 1.29 is 17.9 Å². The van der Waals surface area contributed by atoms with Gasteiger partial charge >= 0.3 is 0 Å². The van der Waals surface area contributed by atoms with E-state index < -0.39 is 16.1 Å². The second kappa shape index (κ2) is 10.4. The van der Waals surface area contributed by atoms with Crippen LogP contribution in [0.2, 0.25) is 0 Å². The Kier molecular flexibility index (Phi) is 7.85. The van der Waals surface area contributed by atoms with Crippen LogP contribution >= 0.6 is 0 Å². The molecule has 0 radical (unpaired) electrons. The molecule has 0 amide bonds. The van der Waals surface area contributed by atoms with Crippen molar-refractivity contribution >= 4 is 38.3 Å². The predicted molar refractivity (Wildman–Crippen MR) is 128 cm³/mol. The number of aromatic nitrogens is 4. The van der Waals surface area contributed by atoms with E-state index in [1.165, 1.54) is 0 Å². The maximum absolute atomic E-state index is 12.5. The van der Waals surface area contributed by atoms with Crippen LogP contribution in [-0.4, -0.2) is 59.7 Å². The zero-order valence-corrected chi connectivity index (χ0v) is 20.6. The van der Waals surface area contributed by atoms with Gasteiger partial charge in [-0.15, -0.1) is 10.2 Å². The van der Waals surface area contributed by atoms with Crippen molar-refractivity contribution in [3.8, 4) is 5.75 Å². The topological polar surface area (TPSA) is 128 Å². The molecule has 1 atom stereocenters. The third-order valence-electron chi connectivity index (χ3n) is 5.44. The fourth-order valence-electron chi connectivity index (χ4n) is 3.77. The van der Waals surface area contributed by atoms with E-state index in [1.807, 2.05) is 43.4 Å². The molecule has 33 heavy (non-hydrogen) atoms. The molecule has 0 unspecified atom stereocenters. The number of ketones is 1. The van der Waals surface area contributed by atoms with E-state index in [0.717, 1.165) is 41.7 Å². The number of hydrogen-bond donors (Lipinski definition) is 2. The van der Waals surface area contributed by atoms with Crippen molar-refractivity contribution in [1.29, 1.82) is 0 Å². The number of nitrogens with one attached hydrogen (secondary N) is 2. The first kappa shape index (κ1) is 24.8. The van der Waals surface area contributed by atoms with Gasteiger partial charge in [0.05, 0.1) is 30.4 Å². The molecular formula is C22H32N6O4S. The molecule has 0 aliphatic rings. The van der Waals surface area contributed by atoms with Gasteiger partial charge in [-0.3, -0.25) is 9.20 Å². The molecule has 0 aliphatic carbocycles. The highest BCUT2D eigenvalue weighted by Gasteiger charge is 2.24. The monoisotopic (exact) mass is 476 g/mol. The van der Waals surface area contributed by atoms with E-state index in [1.54, 1.807) is 7.11 Å². The summed E-state index contributed by atoms with van der Waals surface area (Å²) in [6.45, 7) is 6.23. The minimum absolute atomic E-state index is 0.0748. The summed E-state index contributed by atoms with van der Waals surface area (Å²) in [6.07, 6.45) is 3.76. The molecule has 1 aromatic carbocycles. The molecule has 0 saturated carbocycles. The molecule has 3 rings (SSSR count). The molecule has 2 heterocycles. The first-order chi connectivity index (χ1) is 15.6. The van der Waals surface area contributed by atoms with Gasteiger partial charge < -0.3 is 10.1 Å². The van der Waals surface area contributed by atoms with Crippen LogP contribution in [0.15, 0.2) is 18.2 Å². The largest absolute Gasteiger partial charge is 0.497 e. The Balaban J connectivity index is 1.58. The number of hydrogen-bond acceptors (Lipinski definition) is 8. The molecule has 0 fully saturated rings. The number of Topliss-reactive ketones (excluding diaryl/α,β-unsaturated/α-hetero) is 1. The summed E-state index contributed by atoms with van der Waals surface area (Å²) in [5.74, 6) is 1.96. The van der Waals surface area contributed by atoms with Gasteiger partial charge in [0, 0.05) is 19.0 Å². The zero-order valence-electron chi connectivity index (χ0n) is 19.8. The summed E-state index contributed by atoms with van der Waals surface area (Å²) < 4.78 is 32.8. The van der Waals surface area contributed by atoms with Crippen LogP contribution in [0.5, 0.6) is 5.75 Å². The summed E-state index contributed by atoms with van der Waals surface area (Å²) in [7, 11) is -1.81. The number of ether oxygens (including phenoxy) is 1. The fourth-order valence-corrected chi connectivity index (χ4v) is 4.63. The van der Waals surface area contributed by atoms with E-state index in [-0.39, 0.29) is 11.7 Å². The van der Waals surface area contributed by atoms with Crippen LogP contribution in [-0.2, 0) is 14.8 Å². The smallest absolute Gasteiger partial charge is 0.209 e. The number of carbonyl (C=O) groups is 1. The number of anilines is 1. The molecule has 2 aromatic heterocycles. The highest BCUT2D eigenvalue weighted by atomic mass is 32.2. The van der Waals surface area contributed by atoms with Crippen LogP contribution in [0, 0.1) is 12.8 Å². The molecule has 0 bridgehead atoms. The van der Waals surface area contributed by atoms with E-state index in [0.29, 0.717) is 30.9 Å². The first-order valence-electron chi connectivity index (χ1n) is 11.0. The quantitative estimate of drug-likeness (QED) is 0.382. The Hall–Kier alpha value is -2.79. The normalized spacial score (nSPS) is 13.0. The lowest BCUT2D eigenvalue weighted by Gasteiger charge is -2.19. The standard InChI is InChI=1S/C22H32N6O4S/c1-14(2)20(27-33(5,30)31)19(29)9-7-6-8-12-23-21-22-26-25-15(3)28(22)18-11-10-16(32-4)13-17(18)24-21/h10-11,13-14,20,27H,6-9,12H2,1-5H3,(H,23,24)/t20-/m0/s1. The van der Waals surface area contributed by atoms with Crippen molar-refractivity contribution in [3.63, 3.8) is 0 Å². The van der Waals surface area contributed by atoms with Crippen LogP contribution < -0.4 is 14.8 Å². The van der Waals surface area contributed by atoms with Gasteiger partial charge in [0.25, 0.3) is 0 Å². The first-order valence-corrected chi connectivity index (χ1v) is 12.9. The number of benzene rings is 1. The molecule has 0 spiro atoms. The highest BCUT2D eigenvalue weighted by molar-refractivity contribution is 7.88. The third kappa shape index (κ3) is 6.17. The van der Waals surface area contributed by atoms with Crippen LogP contribution in [0.1, 0.15) is 45.4 Å². The number of fused-ring (bicyclic) bond motifs is 3. The number of sulfonamides is 1. The second-order valence-corrected chi connectivity index (χ2v) is 10.3. The average molecular weight is 477 g/mol. The summed E-state index contributed by atoms with van der Waals surface area (Å²) in [4.78, 5) is 17.2. The van der Waals surface area contributed by atoms with E-state index in [9.17, 15) is 13.2 Å². The Bertz CT molecular complexity index is 1240. The minimum atomic E-state index is -3.43. The molecule has 2 N–H and O–H groups in total. The molecular weight excluding hydrogens is 444 g/mol. The van der Waals surface area contributed by atoms with Crippen molar-refractivity contribution in [2.45, 2.75) is 52.5 Å². The average Bonchev–Trinajstić information content (AvgIpc) is 3.15. The molecule has 11 heteroatoms. The van der Waals surface area contributed by atoms with Gasteiger partial charge in [-0.25, -0.2) is 18.1 Å². The van der Waals surface area contributed by atoms with Gasteiger partial charge in [0.2, 0.25) is 15.7 Å². The third-order valence-corrected chi connectivity index (χ3v) is 6.12. The molecule has 0 aliphatic heterocycles. The number of methoxy groups -OCH3 is 1. The number of nitrogens with zero attached hydrogens (tertiary/aromatic N) is 4. The van der Waals surface area contributed by atoms with Crippen molar-refractivity contribution in [1.82, 2.24) is 24.3 Å². The van der Waals surface area contributed by atoms with Crippen molar-refractivity contribution in [2.75, 3.05) is 25.2 Å². The van der Waals surface area contributed by atoms with E-state index in [4.69, 9.17) is 9.72 Å². The minimum Gasteiger partial charge on any atom is -0.497 e. The summed E-state index contributed by atoms with van der Waals surface area (Å²) in [5, 5.41) is 11.8. The maximum Gasteiger partial charge on any atom is 0.209 e. The van der Waals surface area contributed by atoms with Crippen LogP contribution in [0.25, 0.3) is 16.7 Å². The Morgan fingerprint density at radius 1 is 1.18 bits per heavy atom. The summed E-state index contributed by atoms with van der Waals surface area (Å²) >= 11 is 0. The fraction of sp³-hybridized carbons (Fsp3) is 0.545. The van der Waals surface area contributed by atoms with Crippen molar-refractivity contribution in [3.05, 3.63) is 24.0 Å². The summed E-state index contributed by atoms with van der Waals surface area (Å²) in [5.41, 5.74) is 2.34. The lowest BCUT2D eigenvalue weighted by atomic mass is 9.97. The lowest BCUT2D eigenvalue weighted by Crippen LogP contribution is -2.43. The Morgan fingerprint density at radius 3 is 2.61 bits per heavy atom. The molecule has 10 nitrogen and oxygen atoms in total. The summed E-state index contributed by atoms with van der Waals surface area (Å²) in [6, 6.07) is 5.02. The molecule has 180 valence electrons. The number of unbranched alkanes of at least 4 members (excludes halogenated alkanes) is 2.